The Bertz CT molecular complexity index is 838. The molecule has 140 valence electrons. The summed E-state index contributed by atoms with van der Waals surface area (Å²) in [5.74, 6) is 0.773. The third-order valence-electron chi connectivity index (χ3n) is 4.40. The van der Waals surface area contributed by atoms with Crippen LogP contribution in [0.3, 0.4) is 0 Å². The van der Waals surface area contributed by atoms with Gasteiger partial charge in [0, 0.05) is 19.2 Å². The van der Waals surface area contributed by atoms with Crippen LogP contribution in [-0.2, 0) is 21.2 Å². The molecule has 0 amide bonds. The molecule has 1 atom stereocenters. The molecule has 1 saturated heterocycles. The largest absolute Gasteiger partial charge is 0.497 e. The van der Waals surface area contributed by atoms with Gasteiger partial charge in [-0.2, -0.15) is 4.31 Å². The Morgan fingerprint density at radius 3 is 2.58 bits per heavy atom. The number of methoxy groups -OCH3 is 2. The second-order valence-electron chi connectivity index (χ2n) is 6.06. The SMILES string of the molecule is COc1ccc(OC)c(S(=O)(=O)N2CCOC(Cc3ccccc3)C2)c1. The van der Waals surface area contributed by atoms with E-state index in [9.17, 15) is 8.42 Å². The molecule has 0 aliphatic carbocycles. The average Bonchev–Trinajstić information content (AvgIpc) is 2.68. The van der Waals surface area contributed by atoms with Gasteiger partial charge >= 0.3 is 0 Å². The van der Waals surface area contributed by atoms with Crippen molar-refractivity contribution in [1.82, 2.24) is 4.31 Å². The number of hydrogen-bond donors (Lipinski definition) is 0. The summed E-state index contributed by atoms with van der Waals surface area (Å²) in [7, 11) is -0.755. The van der Waals surface area contributed by atoms with Crippen molar-refractivity contribution in [3.05, 3.63) is 54.1 Å². The van der Waals surface area contributed by atoms with E-state index in [1.807, 2.05) is 30.3 Å². The van der Waals surface area contributed by atoms with Gasteiger partial charge in [-0.3, -0.25) is 0 Å². The Labute approximate surface area is 154 Å². The first-order valence-electron chi connectivity index (χ1n) is 8.42. The molecule has 6 nitrogen and oxygen atoms in total. The van der Waals surface area contributed by atoms with Crippen LogP contribution in [0.5, 0.6) is 11.5 Å². The zero-order valence-electron chi connectivity index (χ0n) is 14.9. The summed E-state index contributed by atoms with van der Waals surface area (Å²) in [6.07, 6.45) is 0.486. The standard InChI is InChI=1S/C19H23NO5S/c1-23-16-8-9-18(24-2)19(13-16)26(21,22)20-10-11-25-17(14-20)12-15-6-4-3-5-7-15/h3-9,13,17H,10-12,14H2,1-2H3. The van der Waals surface area contributed by atoms with E-state index >= 15 is 0 Å². The minimum absolute atomic E-state index is 0.111. The van der Waals surface area contributed by atoms with Gasteiger partial charge in [0.25, 0.3) is 0 Å². The number of rotatable bonds is 6. The predicted octanol–water partition coefficient (Wildman–Crippen LogP) is 2.34. The van der Waals surface area contributed by atoms with Crippen molar-refractivity contribution >= 4 is 10.0 Å². The van der Waals surface area contributed by atoms with Gasteiger partial charge in [-0.15, -0.1) is 0 Å². The predicted molar refractivity (Wildman–Crippen MR) is 98.2 cm³/mol. The van der Waals surface area contributed by atoms with Crippen molar-refractivity contribution in [2.45, 2.75) is 17.4 Å². The van der Waals surface area contributed by atoms with Crippen LogP contribution in [0.15, 0.2) is 53.4 Å². The van der Waals surface area contributed by atoms with E-state index in [0.717, 1.165) is 5.56 Å². The summed E-state index contributed by atoms with van der Waals surface area (Å²) in [4.78, 5) is 0.111. The lowest BCUT2D eigenvalue weighted by molar-refractivity contribution is -0.000532. The third-order valence-corrected chi connectivity index (χ3v) is 6.28. The number of morpholine rings is 1. The molecule has 2 aromatic carbocycles. The molecular weight excluding hydrogens is 354 g/mol. The zero-order valence-corrected chi connectivity index (χ0v) is 15.7. The monoisotopic (exact) mass is 377 g/mol. The number of sulfonamides is 1. The van der Waals surface area contributed by atoms with Gasteiger partial charge in [0.05, 0.1) is 26.9 Å². The molecule has 0 spiro atoms. The van der Waals surface area contributed by atoms with Gasteiger partial charge in [-0.05, 0) is 24.1 Å². The molecule has 0 radical (unpaired) electrons. The van der Waals surface area contributed by atoms with Gasteiger partial charge < -0.3 is 14.2 Å². The van der Waals surface area contributed by atoms with Crippen molar-refractivity contribution in [2.75, 3.05) is 33.9 Å². The van der Waals surface area contributed by atoms with Gasteiger partial charge in [0.2, 0.25) is 10.0 Å². The van der Waals surface area contributed by atoms with E-state index in [4.69, 9.17) is 14.2 Å². The van der Waals surface area contributed by atoms with Crippen LogP contribution in [0, 0.1) is 0 Å². The number of hydrogen-bond acceptors (Lipinski definition) is 5. The van der Waals surface area contributed by atoms with E-state index < -0.39 is 10.0 Å². The minimum atomic E-state index is -3.71. The lowest BCUT2D eigenvalue weighted by Gasteiger charge is -2.32. The van der Waals surface area contributed by atoms with Crippen LogP contribution in [0.1, 0.15) is 5.56 Å². The Kier molecular flexibility index (Phi) is 5.80. The normalized spacial score (nSPS) is 18.5. The van der Waals surface area contributed by atoms with Crippen molar-refractivity contribution < 1.29 is 22.6 Å². The molecule has 1 heterocycles. The smallest absolute Gasteiger partial charge is 0.247 e. The number of benzene rings is 2. The summed E-state index contributed by atoms with van der Waals surface area (Å²) < 4.78 is 44.0. The highest BCUT2D eigenvalue weighted by atomic mass is 32.2. The first kappa shape index (κ1) is 18.7. The van der Waals surface area contributed by atoms with E-state index in [1.165, 1.54) is 24.6 Å². The van der Waals surface area contributed by atoms with Crippen LogP contribution in [0.2, 0.25) is 0 Å². The third kappa shape index (κ3) is 4.00. The zero-order chi connectivity index (χ0) is 18.6. The Morgan fingerprint density at radius 1 is 1.12 bits per heavy atom. The van der Waals surface area contributed by atoms with E-state index in [-0.39, 0.29) is 11.0 Å². The van der Waals surface area contributed by atoms with E-state index in [0.29, 0.717) is 37.6 Å². The minimum Gasteiger partial charge on any atom is -0.497 e. The van der Waals surface area contributed by atoms with Gasteiger partial charge in [-0.1, -0.05) is 30.3 Å². The van der Waals surface area contributed by atoms with Gasteiger partial charge in [0.15, 0.2) is 0 Å². The van der Waals surface area contributed by atoms with Crippen molar-refractivity contribution in [3.63, 3.8) is 0 Å². The number of ether oxygens (including phenoxy) is 3. The Balaban J connectivity index is 1.83. The molecule has 3 rings (SSSR count). The molecule has 0 N–H and O–H groups in total. The highest BCUT2D eigenvalue weighted by Gasteiger charge is 2.33. The fourth-order valence-corrected chi connectivity index (χ4v) is 4.66. The molecule has 1 unspecified atom stereocenters. The lowest BCUT2D eigenvalue weighted by atomic mass is 10.1. The molecule has 1 fully saturated rings. The van der Waals surface area contributed by atoms with Crippen molar-refractivity contribution in [2.24, 2.45) is 0 Å². The summed E-state index contributed by atoms with van der Waals surface area (Å²) in [5, 5.41) is 0. The fraction of sp³-hybridized carbons (Fsp3) is 0.368. The summed E-state index contributed by atoms with van der Waals surface area (Å²) >= 11 is 0. The highest BCUT2D eigenvalue weighted by Crippen LogP contribution is 2.31. The van der Waals surface area contributed by atoms with Crippen molar-refractivity contribution in [3.8, 4) is 11.5 Å². The molecule has 0 aromatic heterocycles. The molecule has 2 aromatic rings. The molecule has 26 heavy (non-hydrogen) atoms. The molecule has 1 aliphatic heterocycles. The molecule has 0 bridgehead atoms. The van der Waals surface area contributed by atoms with Crippen LogP contribution in [0.4, 0.5) is 0 Å². The van der Waals surface area contributed by atoms with E-state index in [1.54, 1.807) is 12.1 Å². The quantitative estimate of drug-likeness (QED) is 0.773. The van der Waals surface area contributed by atoms with Crippen LogP contribution in [0.25, 0.3) is 0 Å². The summed E-state index contributed by atoms with van der Waals surface area (Å²) in [6.45, 7) is 0.981. The Hall–Kier alpha value is -2.09. The molecular formula is C19H23NO5S. The first-order chi connectivity index (χ1) is 12.5. The van der Waals surface area contributed by atoms with Crippen LogP contribution in [-0.4, -0.2) is 52.7 Å². The maximum atomic E-state index is 13.2. The van der Waals surface area contributed by atoms with E-state index in [2.05, 4.69) is 0 Å². The van der Waals surface area contributed by atoms with Crippen LogP contribution < -0.4 is 9.47 Å². The van der Waals surface area contributed by atoms with Gasteiger partial charge in [0.1, 0.15) is 16.4 Å². The topological polar surface area (TPSA) is 65.1 Å². The van der Waals surface area contributed by atoms with Crippen molar-refractivity contribution in [1.29, 1.82) is 0 Å². The second kappa shape index (κ2) is 8.07. The average molecular weight is 377 g/mol. The molecule has 1 aliphatic rings. The Morgan fingerprint density at radius 2 is 1.88 bits per heavy atom. The highest BCUT2D eigenvalue weighted by molar-refractivity contribution is 7.89. The molecule has 0 saturated carbocycles. The fourth-order valence-electron chi connectivity index (χ4n) is 3.04. The number of nitrogens with zero attached hydrogens (tertiary/aromatic N) is 1. The second-order valence-corrected chi connectivity index (χ2v) is 7.97. The maximum Gasteiger partial charge on any atom is 0.247 e. The first-order valence-corrected chi connectivity index (χ1v) is 9.86. The summed E-state index contributed by atoms with van der Waals surface area (Å²) in [5.41, 5.74) is 1.12. The molecule has 7 heteroatoms. The van der Waals surface area contributed by atoms with Crippen LogP contribution >= 0.6 is 0 Å². The summed E-state index contributed by atoms with van der Waals surface area (Å²) in [6, 6.07) is 14.7. The lowest BCUT2D eigenvalue weighted by Crippen LogP contribution is -2.46. The maximum absolute atomic E-state index is 13.2. The van der Waals surface area contributed by atoms with Gasteiger partial charge in [-0.25, -0.2) is 8.42 Å².